The number of hydrogen-bond acceptors (Lipinski definition) is 13. The molecule has 1 radical (unpaired) electrons. The van der Waals surface area contributed by atoms with Crippen molar-refractivity contribution >= 4 is 64.3 Å². The molecule has 6 aromatic rings. The van der Waals surface area contributed by atoms with Crippen molar-refractivity contribution in [1.82, 2.24) is 0 Å². The summed E-state index contributed by atoms with van der Waals surface area (Å²) in [5, 5.41) is 68.4. The Balaban J connectivity index is 0.000000329. The van der Waals surface area contributed by atoms with Crippen molar-refractivity contribution in [3.05, 3.63) is 109 Å². The third-order valence-corrected chi connectivity index (χ3v) is 8.65. The molecule has 0 aliphatic rings. The first-order valence-electron chi connectivity index (χ1n) is 15.2. The molecule has 0 saturated carbocycles. The van der Waals surface area contributed by atoms with Gasteiger partial charge in [0.25, 0.3) is 0 Å². The molecule has 15 nitrogen and oxygen atoms in total. The Morgan fingerprint density at radius 1 is 0.528 bits per heavy atom. The first kappa shape index (κ1) is 41.9. The van der Waals surface area contributed by atoms with E-state index in [2.05, 4.69) is 20.5 Å². The summed E-state index contributed by atoms with van der Waals surface area (Å²) in [6.07, 6.45) is 0. The molecule has 0 saturated heterocycles. The molecule has 0 spiro atoms. The van der Waals surface area contributed by atoms with Crippen LogP contribution in [0.25, 0.3) is 21.5 Å². The zero-order valence-corrected chi connectivity index (χ0v) is 30.7. The number of azo groups is 2. The standard InChI is InChI=1S/2C16H13N3O4S.C3H9N.Co/c2*17-24(22,23)11-6-8-14(20)13(9-11)18-19-16-12-4-2-1-3-10(12)5-7-15(16)21;1-3(2)4;/h2*1-9,20-21H,(H2,17,22,23);3H,4H2,1-2H3;/p+1. The van der Waals surface area contributed by atoms with E-state index >= 15 is 0 Å². The number of benzene rings is 6. The predicted octanol–water partition coefficient (Wildman–Crippen LogP) is 7.09. The van der Waals surface area contributed by atoms with Gasteiger partial charge in [-0.05, 0) is 65.3 Å². The number of fused-ring (bicyclic) bond motifs is 2. The minimum atomic E-state index is -3.93. The molecule has 0 unspecified atom stereocenters. The Kier molecular flexibility index (Phi) is 14.1. The zero-order chi connectivity index (χ0) is 38.2. The average molecular weight is 806 g/mol. The van der Waals surface area contributed by atoms with Crippen LogP contribution in [0.15, 0.2) is 139 Å². The zero-order valence-electron chi connectivity index (χ0n) is 29.1. The molecule has 10 N–H and O–H groups in total. The van der Waals surface area contributed by atoms with Crippen molar-refractivity contribution in [1.29, 1.82) is 0 Å². The van der Waals surface area contributed by atoms with E-state index in [9.17, 15) is 37.3 Å². The van der Waals surface area contributed by atoms with Crippen molar-refractivity contribution in [2.75, 3.05) is 0 Å². The summed E-state index contributed by atoms with van der Waals surface area (Å²) < 4.78 is 45.5. The largest absolute Gasteiger partial charge is 1.00 e. The van der Waals surface area contributed by atoms with Crippen molar-refractivity contribution in [2.45, 2.75) is 29.7 Å². The van der Waals surface area contributed by atoms with E-state index in [0.717, 1.165) is 35.0 Å². The molecule has 0 fully saturated rings. The molecule has 0 aliphatic heterocycles. The normalized spacial score (nSPS) is 11.6. The molecule has 18 heteroatoms. The molecule has 6 rings (SSSR count). The monoisotopic (exact) mass is 805 g/mol. The minimum Gasteiger partial charge on any atom is -0.506 e. The molecule has 0 aliphatic carbocycles. The second kappa shape index (κ2) is 17.8. The predicted molar refractivity (Wildman–Crippen MR) is 199 cm³/mol. The summed E-state index contributed by atoms with van der Waals surface area (Å²) in [4.78, 5) is -0.396. The number of phenolic OH excluding ortho intramolecular Hbond substituents is 4. The molecule has 0 atom stereocenters. The maximum absolute atomic E-state index is 11.4. The quantitative estimate of drug-likeness (QED) is 0.0845. The van der Waals surface area contributed by atoms with E-state index in [4.69, 9.17) is 16.0 Å². The van der Waals surface area contributed by atoms with Crippen LogP contribution in [0.4, 0.5) is 22.7 Å². The average Bonchev–Trinajstić information content (AvgIpc) is 3.08. The van der Waals surface area contributed by atoms with E-state index in [1.54, 1.807) is 36.4 Å². The van der Waals surface area contributed by atoms with Crippen LogP contribution in [-0.2, 0) is 36.8 Å². The SMILES string of the molecule is CC(C)N.NS(=O)(=O)c1ccc(O)c(N=Nc2c(O)ccc3ccccc23)c1.NS(=O)(=O)c1ccc(O)c(N=Nc2c(O)ccc3ccccc23)c1.[Co].[H+]. The van der Waals surface area contributed by atoms with Crippen LogP contribution in [0.5, 0.6) is 23.0 Å². The Hall–Kier alpha value is -5.47. The molecular formula is C35H36CoN7O8S2+. The van der Waals surface area contributed by atoms with E-state index < -0.39 is 20.0 Å². The van der Waals surface area contributed by atoms with Gasteiger partial charge in [-0.15, -0.1) is 20.5 Å². The van der Waals surface area contributed by atoms with Gasteiger partial charge >= 0.3 is 1.43 Å². The number of primary sulfonamides is 2. The first-order valence-corrected chi connectivity index (χ1v) is 18.3. The van der Waals surface area contributed by atoms with Crippen LogP contribution in [0, 0.1) is 0 Å². The smallest absolute Gasteiger partial charge is 0.506 e. The fourth-order valence-electron chi connectivity index (χ4n) is 4.43. The molecule has 0 amide bonds. The van der Waals surface area contributed by atoms with Crippen LogP contribution in [0.1, 0.15) is 15.3 Å². The van der Waals surface area contributed by atoms with Gasteiger partial charge in [-0.2, -0.15) is 0 Å². The molecule has 279 valence electrons. The maximum Gasteiger partial charge on any atom is 1.00 e. The van der Waals surface area contributed by atoms with Gasteiger partial charge in [0, 0.05) is 27.6 Å². The fourth-order valence-corrected chi connectivity index (χ4v) is 5.49. The number of nitrogens with two attached hydrogens (primary N) is 3. The third kappa shape index (κ3) is 11.3. The van der Waals surface area contributed by atoms with Crippen LogP contribution < -0.4 is 16.0 Å². The Labute approximate surface area is 316 Å². The second-order valence-corrected chi connectivity index (χ2v) is 14.5. The van der Waals surface area contributed by atoms with Crippen molar-refractivity contribution in [2.24, 2.45) is 36.5 Å². The Morgan fingerprint density at radius 2 is 0.849 bits per heavy atom. The van der Waals surface area contributed by atoms with Gasteiger partial charge in [0.2, 0.25) is 20.0 Å². The fraction of sp³-hybridized carbons (Fsp3) is 0.0857. The summed E-state index contributed by atoms with van der Waals surface area (Å²) in [7, 11) is -7.86. The van der Waals surface area contributed by atoms with E-state index in [1.807, 2.05) is 38.1 Å². The van der Waals surface area contributed by atoms with Gasteiger partial charge in [0.05, 0.1) is 9.79 Å². The van der Waals surface area contributed by atoms with Crippen LogP contribution in [0.3, 0.4) is 0 Å². The van der Waals surface area contributed by atoms with Crippen molar-refractivity contribution in [3.8, 4) is 23.0 Å². The first-order chi connectivity index (χ1) is 24.5. The van der Waals surface area contributed by atoms with Gasteiger partial charge < -0.3 is 26.2 Å². The van der Waals surface area contributed by atoms with Gasteiger partial charge in [0.15, 0.2) is 0 Å². The Bertz CT molecular complexity index is 2360. The Morgan fingerprint density at radius 3 is 1.19 bits per heavy atom. The van der Waals surface area contributed by atoms with Gasteiger partial charge in [-0.1, -0.05) is 74.5 Å². The van der Waals surface area contributed by atoms with Crippen molar-refractivity contribution < 1.29 is 55.5 Å². The van der Waals surface area contributed by atoms with Gasteiger partial charge in [0.1, 0.15) is 45.7 Å². The number of phenols is 4. The van der Waals surface area contributed by atoms with E-state index in [0.29, 0.717) is 16.8 Å². The molecule has 0 bridgehead atoms. The summed E-state index contributed by atoms with van der Waals surface area (Å²) in [5.41, 5.74) is 5.39. The number of rotatable bonds is 6. The maximum atomic E-state index is 11.4. The summed E-state index contributed by atoms with van der Waals surface area (Å²) in [6.45, 7) is 3.89. The van der Waals surface area contributed by atoms with Crippen LogP contribution in [0.2, 0.25) is 0 Å². The second-order valence-electron chi connectivity index (χ2n) is 11.3. The van der Waals surface area contributed by atoms with E-state index in [-0.39, 0.29) is 73.7 Å². The van der Waals surface area contributed by atoms with Gasteiger partial charge in [-0.25, -0.2) is 27.1 Å². The van der Waals surface area contributed by atoms with Crippen LogP contribution in [-0.4, -0.2) is 43.3 Å². The minimum absolute atomic E-state index is 0. The van der Waals surface area contributed by atoms with E-state index in [1.165, 1.54) is 24.3 Å². The van der Waals surface area contributed by atoms with Crippen LogP contribution >= 0.6 is 0 Å². The summed E-state index contributed by atoms with van der Waals surface area (Å²) in [6, 6.07) is 28.2. The number of aromatic hydroxyl groups is 4. The number of sulfonamides is 2. The molecule has 0 aromatic heterocycles. The third-order valence-electron chi connectivity index (χ3n) is 6.82. The molecule has 0 heterocycles. The molecule has 6 aromatic carbocycles. The molecule has 53 heavy (non-hydrogen) atoms. The summed E-state index contributed by atoms with van der Waals surface area (Å²) in [5.74, 6) is -0.684. The number of hydrogen-bond donors (Lipinski definition) is 7. The topological polar surface area (TPSA) is 277 Å². The summed E-state index contributed by atoms with van der Waals surface area (Å²) >= 11 is 0. The van der Waals surface area contributed by atoms with Crippen molar-refractivity contribution in [3.63, 3.8) is 0 Å². The molecular weight excluding hydrogens is 769 g/mol. The number of nitrogens with zero attached hydrogens (tertiary/aromatic N) is 4. The van der Waals surface area contributed by atoms with Gasteiger partial charge in [-0.3, -0.25) is 0 Å².